The van der Waals surface area contributed by atoms with Gasteiger partial charge in [-0.15, -0.1) is 0 Å². The smallest absolute Gasteiger partial charge is 0.0673 e. The van der Waals surface area contributed by atoms with Crippen molar-refractivity contribution in [3.8, 4) is 0 Å². The molecule has 2 unspecified atom stereocenters. The highest BCUT2D eigenvalue weighted by molar-refractivity contribution is 4.89. The zero-order valence-electron chi connectivity index (χ0n) is 13.5. The SMILES string of the molecule is CC(C)CNCC1(CN2CCCOC(C)C2)CCOC1. The molecule has 2 heterocycles. The number of ether oxygens (including phenoxy) is 2. The summed E-state index contributed by atoms with van der Waals surface area (Å²) in [5.41, 5.74) is 0.305. The third kappa shape index (κ3) is 4.99. The van der Waals surface area contributed by atoms with Crippen molar-refractivity contribution in [3.05, 3.63) is 0 Å². The molecular formula is C16H32N2O2. The molecule has 4 heteroatoms. The van der Waals surface area contributed by atoms with Gasteiger partial charge in [-0.25, -0.2) is 0 Å². The van der Waals surface area contributed by atoms with Crippen LogP contribution in [0.1, 0.15) is 33.6 Å². The van der Waals surface area contributed by atoms with E-state index < -0.39 is 0 Å². The number of rotatable bonds is 6. The Bertz CT molecular complexity index is 278. The Morgan fingerprint density at radius 3 is 2.90 bits per heavy atom. The van der Waals surface area contributed by atoms with Crippen molar-refractivity contribution < 1.29 is 9.47 Å². The first-order chi connectivity index (χ1) is 9.60. The summed E-state index contributed by atoms with van der Waals surface area (Å²) in [6.45, 7) is 15.0. The predicted molar refractivity (Wildman–Crippen MR) is 82.0 cm³/mol. The van der Waals surface area contributed by atoms with E-state index in [0.717, 1.165) is 59.0 Å². The summed E-state index contributed by atoms with van der Waals surface area (Å²) < 4.78 is 11.5. The highest BCUT2D eigenvalue weighted by atomic mass is 16.5. The van der Waals surface area contributed by atoms with E-state index in [4.69, 9.17) is 9.47 Å². The van der Waals surface area contributed by atoms with E-state index in [2.05, 4.69) is 31.0 Å². The minimum absolute atomic E-state index is 0.305. The summed E-state index contributed by atoms with van der Waals surface area (Å²) in [5, 5.41) is 3.65. The van der Waals surface area contributed by atoms with Crippen LogP contribution in [-0.2, 0) is 9.47 Å². The van der Waals surface area contributed by atoms with Gasteiger partial charge in [0.15, 0.2) is 0 Å². The highest BCUT2D eigenvalue weighted by Gasteiger charge is 2.36. The van der Waals surface area contributed by atoms with E-state index >= 15 is 0 Å². The van der Waals surface area contributed by atoms with Gasteiger partial charge in [0, 0.05) is 44.8 Å². The Morgan fingerprint density at radius 1 is 1.35 bits per heavy atom. The molecule has 0 aromatic carbocycles. The van der Waals surface area contributed by atoms with E-state index in [1.807, 2.05) is 0 Å². The predicted octanol–water partition coefficient (Wildman–Crippen LogP) is 1.75. The molecule has 0 aromatic heterocycles. The lowest BCUT2D eigenvalue weighted by Crippen LogP contribution is -2.46. The van der Waals surface area contributed by atoms with Crippen molar-refractivity contribution >= 4 is 0 Å². The summed E-state index contributed by atoms with van der Waals surface area (Å²) in [4.78, 5) is 2.59. The fourth-order valence-corrected chi connectivity index (χ4v) is 3.29. The Kier molecular flexibility index (Phi) is 6.27. The molecule has 1 N–H and O–H groups in total. The van der Waals surface area contributed by atoms with Crippen LogP contribution in [0.25, 0.3) is 0 Å². The van der Waals surface area contributed by atoms with Gasteiger partial charge >= 0.3 is 0 Å². The normalized spacial score (nSPS) is 32.7. The molecule has 2 fully saturated rings. The maximum atomic E-state index is 5.75. The first-order valence-corrected chi connectivity index (χ1v) is 8.22. The van der Waals surface area contributed by atoms with Gasteiger partial charge in [-0.1, -0.05) is 13.8 Å². The van der Waals surface area contributed by atoms with Gasteiger partial charge in [0.25, 0.3) is 0 Å². The van der Waals surface area contributed by atoms with Gasteiger partial charge in [0.1, 0.15) is 0 Å². The molecule has 2 rings (SSSR count). The largest absolute Gasteiger partial charge is 0.381 e. The van der Waals surface area contributed by atoms with Crippen LogP contribution in [0.4, 0.5) is 0 Å². The molecule has 0 spiro atoms. The molecule has 2 aliphatic rings. The second kappa shape index (κ2) is 7.74. The number of nitrogens with one attached hydrogen (secondary N) is 1. The Labute approximate surface area is 124 Å². The minimum atomic E-state index is 0.305. The minimum Gasteiger partial charge on any atom is -0.381 e. The molecule has 0 aliphatic carbocycles. The van der Waals surface area contributed by atoms with Crippen LogP contribution in [-0.4, -0.2) is 63.5 Å². The fourth-order valence-electron chi connectivity index (χ4n) is 3.29. The van der Waals surface area contributed by atoms with Gasteiger partial charge in [-0.05, 0) is 32.2 Å². The maximum Gasteiger partial charge on any atom is 0.0673 e. The summed E-state index contributed by atoms with van der Waals surface area (Å²) in [7, 11) is 0. The molecule has 0 amide bonds. The number of nitrogens with zero attached hydrogens (tertiary/aromatic N) is 1. The van der Waals surface area contributed by atoms with Crippen LogP contribution in [0.5, 0.6) is 0 Å². The molecule has 0 saturated carbocycles. The number of hydrogen-bond acceptors (Lipinski definition) is 4. The molecule has 0 bridgehead atoms. The fraction of sp³-hybridized carbons (Fsp3) is 1.00. The van der Waals surface area contributed by atoms with E-state index in [0.29, 0.717) is 17.4 Å². The van der Waals surface area contributed by atoms with Gasteiger partial charge in [0.2, 0.25) is 0 Å². The maximum absolute atomic E-state index is 5.75. The molecule has 118 valence electrons. The average molecular weight is 284 g/mol. The average Bonchev–Trinajstić information content (AvgIpc) is 2.73. The lowest BCUT2D eigenvalue weighted by molar-refractivity contribution is 0.0555. The lowest BCUT2D eigenvalue weighted by atomic mass is 9.86. The van der Waals surface area contributed by atoms with Gasteiger partial charge < -0.3 is 14.8 Å². The zero-order chi connectivity index (χ0) is 14.4. The number of hydrogen-bond donors (Lipinski definition) is 1. The van der Waals surface area contributed by atoms with E-state index in [1.54, 1.807) is 0 Å². The Morgan fingerprint density at radius 2 is 2.20 bits per heavy atom. The van der Waals surface area contributed by atoms with Gasteiger partial charge in [-0.2, -0.15) is 0 Å². The van der Waals surface area contributed by atoms with Crippen LogP contribution in [0.2, 0.25) is 0 Å². The second-order valence-corrected chi connectivity index (χ2v) is 7.10. The molecule has 0 aromatic rings. The summed E-state index contributed by atoms with van der Waals surface area (Å²) in [5.74, 6) is 0.709. The van der Waals surface area contributed by atoms with E-state index in [1.165, 1.54) is 6.42 Å². The quantitative estimate of drug-likeness (QED) is 0.806. The van der Waals surface area contributed by atoms with E-state index in [9.17, 15) is 0 Å². The summed E-state index contributed by atoms with van der Waals surface area (Å²) in [6.07, 6.45) is 2.70. The first-order valence-electron chi connectivity index (χ1n) is 8.22. The van der Waals surface area contributed by atoms with E-state index in [-0.39, 0.29) is 0 Å². The Balaban J connectivity index is 1.87. The van der Waals surface area contributed by atoms with Crippen molar-refractivity contribution in [1.29, 1.82) is 0 Å². The molecule has 0 radical (unpaired) electrons. The van der Waals surface area contributed by atoms with Crippen LogP contribution >= 0.6 is 0 Å². The first kappa shape index (κ1) is 16.2. The van der Waals surface area contributed by atoms with Crippen molar-refractivity contribution in [1.82, 2.24) is 10.2 Å². The molecular weight excluding hydrogens is 252 g/mol. The summed E-state index contributed by atoms with van der Waals surface area (Å²) in [6, 6.07) is 0. The molecule has 20 heavy (non-hydrogen) atoms. The summed E-state index contributed by atoms with van der Waals surface area (Å²) >= 11 is 0. The van der Waals surface area contributed by atoms with Crippen molar-refractivity contribution in [3.63, 3.8) is 0 Å². The molecule has 4 nitrogen and oxygen atoms in total. The lowest BCUT2D eigenvalue weighted by Gasteiger charge is -2.34. The van der Waals surface area contributed by atoms with Crippen LogP contribution < -0.4 is 5.32 Å². The van der Waals surface area contributed by atoms with Crippen molar-refractivity contribution in [2.45, 2.75) is 39.7 Å². The molecule has 2 aliphatic heterocycles. The van der Waals surface area contributed by atoms with Crippen LogP contribution in [0, 0.1) is 11.3 Å². The topological polar surface area (TPSA) is 33.7 Å². The monoisotopic (exact) mass is 284 g/mol. The zero-order valence-corrected chi connectivity index (χ0v) is 13.5. The molecule has 2 saturated heterocycles. The van der Waals surface area contributed by atoms with Crippen molar-refractivity contribution in [2.75, 3.05) is 52.5 Å². The Hall–Kier alpha value is -0.160. The highest BCUT2D eigenvalue weighted by Crippen LogP contribution is 2.29. The third-order valence-electron chi connectivity index (χ3n) is 4.33. The van der Waals surface area contributed by atoms with Gasteiger partial charge in [-0.3, -0.25) is 4.90 Å². The second-order valence-electron chi connectivity index (χ2n) is 7.10. The standard InChI is InChI=1S/C16H32N2O2/c1-14(2)9-17-11-16(5-8-19-13-16)12-18-6-4-7-20-15(3)10-18/h14-15,17H,4-13H2,1-3H3. The van der Waals surface area contributed by atoms with Crippen molar-refractivity contribution in [2.24, 2.45) is 11.3 Å². The van der Waals surface area contributed by atoms with Crippen LogP contribution in [0.3, 0.4) is 0 Å². The molecule has 2 atom stereocenters. The van der Waals surface area contributed by atoms with Crippen LogP contribution in [0.15, 0.2) is 0 Å². The third-order valence-corrected chi connectivity index (χ3v) is 4.33. The van der Waals surface area contributed by atoms with Gasteiger partial charge in [0.05, 0.1) is 12.7 Å².